The molecular formula is C42H30Cl8N8O6. The highest BCUT2D eigenvalue weighted by molar-refractivity contribution is 6.45. The molecule has 0 saturated carbocycles. The first-order valence-electron chi connectivity index (χ1n) is 18.2. The van der Waals surface area contributed by atoms with E-state index in [0.717, 1.165) is 13.8 Å². The predicted octanol–water partition coefficient (Wildman–Crippen LogP) is 13.4. The van der Waals surface area contributed by atoms with E-state index in [0.29, 0.717) is 16.8 Å². The fraction of sp³-hybridized carbons (Fsp3) is 0.143. The van der Waals surface area contributed by atoms with Crippen molar-refractivity contribution < 1.29 is 28.8 Å². The van der Waals surface area contributed by atoms with E-state index >= 15 is 0 Å². The van der Waals surface area contributed by atoms with Crippen molar-refractivity contribution in [2.24, 2.45) is 20.5 Å². The molecule has 14 nitrogen and oxygen atoms in total. The zero-order chi connectivity index (χ0) is 47.2. The Morgan fingerprint density at radius 2 is 0.828 bits per heavy atom. The number of hydrogen-bond donors (Lipinski definition) is 4. The first-order valence-corrected chi connectivity index (χ1v) is 21.2. The molecule has 5 aromatic carbocycles. The Morgan fingerprint density at radius 3 is 1.22 bits per heavy atom. The van der Waals surface area contributed by atoms with Crippen molar-refractivity contribution in [1.29, 1.82) is 0 Å². The van der Waals surface area contributed by atoms with Gasteiger partial charge in [-0.1, -0.05) is 92.8 Å². The third-order valence-electron chi connectivity index (χ3n) is 8.81. The maximum absolute atomic E-state index is 13.5. The van der Waals surface area contributed by atoms with Gasteiger partial charge in [-0.25, -0.2) is 0 Å². The van der Waals surface area contributed by atoms with Crippen LogP contribution < -0.4 is 21.3 Å². The fourth-order valence-electron chi connectivity index (χ4n) is 5.60. The second kappa shape index (κ2) is 21.7. The summed E-state index contributed by atoms with van der Waals surface area (Å²) >= 11 is 49.1. The SMILES string of the molecule is CC(=O)C(N=Nc1cc(C(=O)Nc2cc(Cl)c(Cl)cc2Cl)ccc1Cl)C(=O)Nc1cc(C)c(NC(=O)C(N=Nc2cc(C(=O)Nc3cc(Cl)c(Cl)cc3Cl)ccc2Cl)C(C)=O)c(C)c1. The van der Waals surface area contributed by atoms with E-state index in [1.807, 2.05) is 0 Å². The first kappa shape index (κ1) is 49.8. The minimum Gasteiger partial charge on any atom is -0.324 e. The molecule has 22 heteroatoms. The van der Waals surface area contributed by atoms with Gasteiger partial charge in [0.25, 0.3) is 23.6 Å². The number of amides is 4. The van der Waals surface area contributed by atoms with Crippen LogP contribution in [0.5, 0.6) is 0 Å². The van der Waals surface area contributed by atoms with Crippen molar-refractivity contribution in [3.05, 3.63) is 135 Å². The number of carbonyl (C=O) groups is 6. The highest BCUT2D eigenvalue weighted by atomic mass is 35.5. The molecule has 2 atom stereocenters. The molecule has 0 heterocycles. The van der Waals surface area contributed by atoms with Crippen LogP contribution in [-0.4, -0.2) is 47.3 Å². The van der Waals surface area contributed by atoms with Crippen LogP contribution in [0.4, 0.5) is 34.1 Å². The van der Waals surface area contributed by atoms with Gasteiger partial charge in [-0.2, -0.15) is 20.5 Å². The molecule has 4 amide bonds. The van der Waals surface area contributed by atoms with Crippen LogP contribution in [0.2, 0.25) is 40.2 Å². The van der Waals surface area contributed by atoms with Gasteiger partial charge in [0.05, 0.1) is 51.6 Å². The summed E-state index contributed by atoms with van der Waals surface area (Å²) < 4.78 is 0. The van der Waals surface area contributed by atoms with E-state index in [-0.39, 0.29) is 79.7 Å². The number of anilines is 4. The lowest BCUT2D eigenvalue weighted by Gasteiger charge is -2.17. The van der Waals surface area contributed by atoms with Crippen molar-refractivity contribution in [2.45, 2.75) is 39.8 Å². The molecule has 5 aromatic rings. The molecule has 330 valence electrons. The number of Topliss-reactive ketones (excluding diaryl/α,β-unsaturated/α-hetero) is 2. The van der Waals surface area contributed by atoms with Crippen molar-refractivity contribution in [3.8, 4) is 0 Å². The Labute approximate surface area is 405 Å². The molecule has 0 aliphatic carbocycles. The molecule has 0 spiro atoms. The molecule has 0 saturated heterocycles. The smallest absolute Gasteiger partial charge is 0.258 e. The standard InChI is InChI=1S/C42H30Cl8N8O6/c1-17-9-23(51-41(63)37(19(3)59)57-55-34-11-21(5-7-24(34)43)39(61)52-32-15-28(47)26(45)13-30(32)49)10-18(2)36(17)54-42(64)38(20(4)60)58-56-35-12-22(6-8-25(35)44)40(62)53-33-16-29(48)27(46)14-31(33)50/h5-16,37-38H,1-4H3,(H,51,63)(H,52,61)(H,53,62)(H,54,64). The number of carbonyl (C=O) groups excluding carboxylic acids is 6. The Balaban J connectivity index is 1.27. The topological polar surface area (TPSA) is 200 Å². The maximum Gasteiger partial charge on any atom is 0.258 e. The second-order valence-corrected chi connectivity index (χ2v) is 16.9. The summed E-state index contributed by atoms with van der Waals surface area (Å²) in [7, 11) is 0. The quantitative estimate of drug-likeness (QED) is 0.0484. The number of nitrogens with one attached hydrogen (secondary N) is 4. The van der Waals surface area contributed by atoms with Crippen molar-refractivity contribution >= 4 is 162 Å². The van der Waals surface area contributed by atoms with Crippen LogP contribution in [0.25, 0.3) is 0 Å². The summed E-state index contributed by atoms with van der Waals surface area (Å²) in [6.07, 6.45) is 0. The molecule has 0 aromatic heterocycles. The summed E-state index contributed by atoms with van der Waals surface area (Å²) in [5.41, 5.74) is 1.97. The van der Waals surface area contributed by atoms with Crippen molar-refractivity contribution in [2.75, 3.05) is 21.3 Å². The summed E-state index contributed by atoms with van der Waals surface area (Å²) in [4.78, 5) is 78.1. The molecule has 0 aliphatic rings. The highest BCUT2D eigenvalue weighted by Gasteiger charge is 2.27. The number of hydrogen-bond acceptors (Lipinski definition) is 10. The van der Waals surface area contributed by atoms with E-state index in [1.54, 1.807) is 13.8 Å². The number of nitrogens with zero attached hydrogens (tertiary/aromatic N) is 4. The van der Waals surface area contributed by atoms with Crippen LogP contribution in [0.15, 0.2) is 93.3 Å². The van der Waals surface area contributed by atoms with Gasteiger partial charge in [-0.05, 0) is 112 Å². The number of aryl methyl sites for hydroxylation is 2. The molecule has 5 rings (SSSR count). The maximum atomic E-state index is 13.5. The fourth-order valence-corrected chi connectivity index (χ4v) is 7.10. The molecule has 0 radical (unpaired) electrons. The van der Waals surface area contributed by atoms with Gasteiger partial charge in [0, 0.05) is 22.5 Å². The summed E-state index contributed by atoms with van der Waals surface area (Å²) in [6, 6.07) is 13.5. The van der Waals surface area contributed by atoms with Gasteiger partial charge in [0.15, 0.2) is 11.6 Å². The second-order valence-electron chi connectivity index (χ2n) is 13.7. The largest absolute Gasteiger partial charge is 0.324 e. The molecule has 0 aliphatic heterocycles. The molecular weight excluding hydrogens is 996 g/mol. The number of rotatable bonds is 14. The van der Waals surface area contributed by atoms with E-state index in [1.165, 1.54) is 72.8 Å². The average molecular weight is 1030 g/mol. The summed E-state index contributed by atoms with van der Waals surface area (Å²) in [5, 5.41) is 27.6. The lowest BCUT2D eigenvalue weighted by atomic mass is 10.1. The Bertz CT molecular complexity index is 2800. The zero-order valence-corrected chi connectivity index (χ0v) is 39.4. The number of ketones is 2. The predicted molar refractivity (Wildman–Crippen MR) is 253 cm³/mol. The van der Waals surface area contributed by atoms with Crippen LogP contribution in [-0.2, 0) is 19.2 Å². The van der Waals surface area contributed by atoms with Gasteiger partial charge in [-0.3, -0.25) is 28.8 Å². The van der Waals surface area contributed by atoms with Crippen molar-refractivity contribution in [3.63, 3.8) is 0 Å². The van der Waals surface area contributed by atoms with Crippen LogP contribution >= 0.6 is 92.8 Å². The van der Waals surface area contributed by atoms with Crippen LogP contribution in [0, 0.1) is 13.8 Å². The number of halogens is 8. The monoisotopic (exact) mass is 1020 g/mol. The number of benzene rings is 5. The third-order valence-corrected chi connectivity index (χ3v) is 11.5. The third kappa shape index (κ3) is 12.5. The Kier molecular flexibility index (Phi) is 16.9. The highest BCUT2D eigenvalue weighted by Crippen LogP contribution is 2.35. The van der Waals surface area contributed by atoms with Crippen LogP contribution in [0.3, 0.4) is 0 Å². The number of azo groups is 2. The van der Waals surface area contributed by atoms with Crippen molar-refractivity contribution in [1.82, 2.24) is 0 Å². The molecule has 0 fully saturated rings. The normalized spacial score (nSPS) is 12.2. The Morgan fingerprint density at radius 1 is 0.453 bits per heavy atom. The molecule has 2 unspecified atom stereocenters. The van der Waals surface area contributed by atoms with Gasteiger partial charge >= 0.3 is 0 Å². The average Bonchev–Trinajstić information content (AvgIpc) is 3.21. The minimum atomic E-state index is -1.63. The summed E-state index contributed by atoms with van der Waals surface area (Å²) in [5.74, 6) is -4.22. The molecule has 64 heavy (non-hydrogen) atoms. The Hall–Kier alpha value is -5.16. The van der Waals surface area contributed by atoms with Gasteiger partial charge < -0.3 is 21.3 Å². The van der Waals surface area contributed by atoms with Gasteiger partial charge in [0.1, 0.15) is 11.4 Å². The first-order chi connectivity index (χ1) is 30.1. The van der Waals surface area contributed by atoms with Crippen LogP contribution in [0.1, 0.15) is 45.7 Å². The molecule has 0 bridgehead atoms. The van der Waals surface area contributed by atoms with E-state index in [9.17, 15) is 28.8 Å². The van der Waals surface area contributed by atoms with E-state index < -0.39 is 47.3 Å². The zero-order valence-electron chi connectivity index (χ0n) is 33.3. The minimum absolute atomic E-state index is 0.0180. The summed E-state index contributed by atoms with van der Waals surface area (Å²) in [6.45, 7) is 5.55. The van der Waals surface area contributed by atoms with E-state index in [4.69, 9.17) is 92.8 Å². The van der Waals surface area contributed by atoms with Gasteiger partial charge in [0.2, 0.25) is 12.1 Å². The van der Waals surface area contributed by atoms with E-state index in [2.05, 4.69) is 41.7 Å². The lowest BCUT2D eigenvalue weighted by molar-refractivity contribution is -0.127. The lowest BCUT2D eigenvalue weighted by Crippen LogP contribution is -2.33. The molecule has 4 N–H and O–H groups in total. The van der Waals surface area contributed by atoms with Gasteiger partial charge in [-0.15, -0.1) is 0 Å².